The van der Waals surface area contributed by atoms with Crippen LogP contribution in [0.15, 0.2) is 0 Å². The van der Waals surface area contributed by atoms with Crippen molar-refractivity contribution in [3.05, 3.63) is 0 Å². The number of nitrogens with zero attached hydrogens (tertiary/aromatic N) is 1. The van der Waals surface area contributed by atoms with E-state index >= 15 is 0 Å². The second-order valence-corrected chi connectivity index (χ2v) is 6.78. The van der Waals surface area contributed by atoms with Crippen LogP contribution in [-0.2, 0) is 4.79 Å². The lowest BCUT2D eigenvalue weighted by Gasteiger charge is -2.36. The first-order chi connectivity index (χ1) is 9.21. The van der Waals surface area contributed by atoms with Gasteiger partial charge >= 0.3 is 12.0 Å². The predicted octanol–water partition coefficient (Wildman–Crippen LogP) is 2.71. The van der Waals surface area contributed by atoms with E-state index in [0.29, 0.717) is 18.3 Å². The smallest absolute Gasteiger partial charge is 0.317 e. The largest absolute Gasteiger partial charge is 0.481 e. The lowest BCUT2D eigenvalue weighted by atomic mass is 9.87. The number of rotatable bonds is 5. The Morgan fingerprint density at radius 3 is 2.30 bits per heavy atom. The zero-order valence-corrected chi connectivity index (χ0v) is 13.1. The second kappa shape index (κ2) is 6.95. The summed E-state index contributed by atoms with van der Waals surface area (Å²) in [6.07, 6.45) is 2.63. The molecule has 5 nitrogen and oxygen atoms in total. The van der Waals surface area contributed by atoms with Gasteiger partial charge in [-0.15, -0.1) is 0 Å². The molecule has 1 aliphatic rings. The van der Waals surface area contributed by atoms with Crippen molar-refractivity contribution in [1.29, 1.82) is 0 Å². The molecule has 0 aromatic heterocycles. The van der Waals surface area contributed by atoms with Gasteiger partial charge in [0.25, 0.3) is 0 Å². The van der Waals surface area contributed by atoms with Gasteiger partial charge in [-0.2, -0.15) is 0 Å². The number of aliphatic carboxylic acids is 1. The summed E-state index contributed by atoms with van der Waals surface area (Å²) in [5, 5.41) is 11.7. The molecule has 0 aliphatic carbocycles. The van der Waals surface area contributed by atoms with Gasteiger partial charge in [-0.3, -0.25) is 4.79 Å². The van der Waals surface area contributed by atoms with Crippen LogP contribution < -0.4 is 5.32 Å². The molecule has 2 amide bonds. The molecule has 0 saturated carbocycles. The molecule has 0 radical (unpaired) electrons. The van der Waals surface area contributed by atoms with Crippen LogP contribution in [-0.4, -0.2) is 40.6 Å². The molecule has 0 atom stereocenters. The van der Waals surface area contributed by atoms with E-state index < -0.39 is 11.5 Å². The van der Waals surface area contributed by atoms with Gasteiger partial charge in [0.05, 0.1) is 0 Å². The van der Waals surface area contributed by atoms with E-state index in [2.05, 4.69) is 19.2 Å². The minimum Gasteiger partial charge on any atom is -0.481 e. The van der Waals surface area contributed by atoms with Crippen LogP contribution in [0, 0.1) is 11.8 Å². The van der Waals surface area contributed by atoms with Gasteiger partial charge in [0.2, 0.25) is 0 Å². The quantitative estimate of drug-likeness (QED) is 0.815. The second-order valence-electron chi connectivity index (χ2n) is 6.78. The van der Waals surface area contributed by atoms with E-state index in [0.717, 1.165) is 25.9 Å². The van der Waals surface area contributed by atoms with Crippen LogP contribution in [0.4, 0.5) is 4.79 Å². The molecule has 1 rings (SSSR count). The molecule has 0 aromatic rings. The molecule has 0 spiro atoms. The number of carbonyl (C=O) groups is 2. The van der Waals surface area contributed by atoms with Crippen molar-refractivity contribution >= 4 is 12.0 Å². The summed E-state index contributed by atoms with van der Waals surface area (Å²) in [5.74, 6) is 0.552. The summed E-state index contributed by atoms with van der Waals surface area (Å²) >= 11 is 0. The van der Waals surface area contributed by atoms with Gasteiger partial charge in [-0.05, 0) is 44.9 Å². The predicted molar refractivity (Wildman–Crippen MR) is 78.6 cm³/mol. The summed E-state index contributed by atoms with van der Waals surface area (Å²) in [5.41, 5.74) is -0.482. The van der Waals surface area contributed by atoms with Crippen molar-refractivity contribution in [3.8, 4) is 0 Å². The molecule has 1 saturated heterocycles. The zero-order valence-electron chi connectivity index (χ0n) is 13.1. The molecule has 1 fully saturated rings. The topological polar surface area (TPSA) is 69.6 Å². The van der Waals surface area contributed by atoms with Crippen molar-refractivity contribution in [2.24, 2.45) is 11.8 Å². The van der Waals surface area contributed by atoms with Crippen LogP contribution in [0.25, 0.3) is 0 Å². The summed E-state index contributed by atoms with van der Waals surface area (Å²) in [4.78, 5) is 24.7. The number of urea groups is 1. The standard InChI is InChI=1S/C15H28N2O3/c1-11(2)12-6-9-17(10-7-12)14(20)16-15(3,4)8-5-13(18)19/h11-12H,5-10H2,1-4H3,(H,16,20)(H,18,19). The maximum Gasteiger partial charge on any atom is 0.317 e. The Morgan fingerprint density at radius 1 is 1.30 bits per heavy atom. The molecule has 5 heteroatoms. The molecule has 0 bridgehead atoms. The lowest BCUT2D eigenvalue weighted by molar-refractivity contribution is -0.137. The highest BCUT2D eigenvalue weighted by Crippen LogP contribution is 2.24. The summed E-state index contributed by atoms with van der Waals surface area (Å²) in [6.45, 7) is 9.79. The average Bonchev–Trinajstić information content (AvgIpc) is 2.36. The third-order valence-corrected chi connectivity index (χ3v) is 4.18. The Bertz CT molecular complexity index is 345. The number of carbonyl (C=O) groups excluding carboxylic acids is 1. The third-order valence-electron chi connectivity index (χ3n) is 4.18. The normalized spacial score (nSPS) is 17.4. The van der Waals surface area contributed by atoms with E-state index in [1.165, 1.54) is 0 Å². The number of hydrogen-bond donors (Lipinski definition) is 2. The highest BCUT2D eigenvalue weighted by molar-refractivity contribution is 5.75. The minimum absolute atomic E-state index is 0.0670. The molecule has 0 unspecified atom stereocenters. The molecule has 1 aliphatic heterocycles. The van der Waals surface area contributed by atoms with Crippen LogP contribution in [0.5, 0.6) is 0 Å². The molecule has 1 heterocycles. The highest BCUT2D eigenvalue weighted by Gasteiger charge is 2.28. The SMILES string of the molecule is CC(C)C1CCN(C(=O)NC(C)(C)CCC(=O)O)CC1. The molecule has 20 heavy (non-hydrogen) atoms. The first-order valence-electron chi connectivity index (χ1n) is 7.50. The first-order valence-corrected chi connectivity index (χ1v) is 7.50. The number of hydrogen-bond acceptors (Lipinski definition) is 2. The van der Waals surface area contributed by atoms with Crippen molar-refractivity contribution in [2.75, 3.05) is 13.1 Å². The van der Waals surface area contributed by atoms with Crippen LogP contribution in [0.2, 0.25) is 0 Å². The van der Waals surface area contributed by atoms with Crippen LogP contribution >= 0.6 is 0 Å². The first kappa shape index (κ1) is 16.8. The number of amides is 2. The fraction of sp³-hybridized carbons (Fsp3) is 0.867. The van der Waals surface area contributed by atoms with Crippen molar-refractivity contribution in [1.82, 2.24) is 10.2 Å². The Kier molecular flexibility index (Phi) is 5.84. The van der Waals surface area contributed by atoms with Gasteiger partial charge in [0.15, 0.2) is 0 Å². The van der Waals surface area contributed by atoms with Crippen molar-refractivity contribution < 1.29 is 14.7 Å². The third kappa shape index (κ3) is 5.39. The van der Waals surface area contributed by atoms with Gasteiger partial charge in [0.1, 0.15) is 0 Å². The van der Waals surface area contributed by atoms with Crippen molar-refractivity contribution in [3.63, 3.8) is 0 Å². The zero-order chi connectivity index (χ0) is 15.3. The van der Waals surface area contributed by atoms with Gasteiger partial charge in [0, 0.05) is 25.0 Å². The van der Waals surface area contributed by atoms with E-state index in [-0.39, 0.29) is 12.5 Å². The highest BCUT2D eigenvalue weighted by atomic mass is 16.4. The van der Waals surface area contributed by atoms with E-state index in [9.17, 15) is 9.59 Å². The Hall–Kier alpha value is -1.26. The molecule has 116 valence electrons. The molecular formula is C15H28N2O3. The van der Waals surface area contributed by atoms with Crippen LogP contribution in [0.1, 0.15) is 53.4 Å². The summed E-state index contributed by atoms with van der Waals surface area (Å²) in [6, 6.07) is -0.0670. The number of piperidine rings is 1. The summed E-state index contributed by atoms with van der Waals surface area (Å²) in [7, 11) is 0. The lowest BCUT2D eigenvalue weighted by Crippen LogP contribution is -2.52. The van der Waals surface area contributed by atoms with E-state index in [4.69, 9.17) is 5.11 Å². The Morgan fingerprint density at radius 2 is 1.85 bits per heavy atom. The Balaban J connectivity index is 2.41. The maximum absolute atomic E-state index is 12.2. The van der Waals surface area contributed by atoms with Crippen LogP contribution in [0.3, 0.4) is 0 Å². The van der Waals surface area contributed by atoms with E-state index in [1.807, 2.05) is 18.7 Å². The number of likely N-dealkylation sites (tertiary alicyclic amines) is 1. The number of carboxylic acid groups (broad SMARTS) is 1. The maximum atomic E-state index is 12.2. The average molecular weight is 284 g/mol. The van der Waals surface area contributed by atoms with Gasteiger partial charge < -0.3 is 15.3 Å². The van der Waals surface area contributed by atoms with Gasteiger partial charge in [-0.1, -0.05) is 13.8 Å². The Labute approximate surface area is 121 Å². The minimum atomic E-state index is -0.829. The fourth-order valence-electron chi connectivity index (χ4n) is 2.62. The number of carboxylic acids is 1. The van der Waals surface area contributed by atoms with E-state index in [1.54, 1.807) is 0 Å². The van der Waals surface area contributed by atoms with Crippen molar-refractivity contribution in [2.45, 2.75) is 58.9 Å². The molecular weight excluding hydrogens is 256 g/mol. The number of nitrogens with one attached hydrogen (secondary N) is 1. The fourth-order valence-corrected chi connectivity index (χ4v) is 2.62. The summed E-state index contributed by atoms with van der Waals surface area (Å²) < 4.78 is 0. The molecule has 0 aromatic carbocycles. The monoisotopic (exact) mass is 284 g/mol. The van der Waals surface area contributed by atoms with Gasteiger partial charge in [-0.25, -0.2) is 4.79 Å². The molecule has 2 N–H and O–H groups in total.